The highest BCUT2D eigenvalue weighted by atomic mass is 79.9. The van der Waals surface area contributed by atoms with Crippen molar-refractivity contribution in [1.29, 1.82) is 0 Å². The molecule has 0 unspecified atom stereocenters. The number of likely N-dealkylation sites (N-methyl/N-ethyl adjacent to an activating group) is 2. The van der Waals surface area contributed by atoms with E-state index >= 15 is 0 Å². The number of amides is 2. The number of carbonyl (C=O) groups excluding carboxylic acids is 2. The van der Waals surface area contributed by atoms with Crippen LogP contribution in [0.3, 0.4) is 0 Å². The minimum absolute atomic E-state index is 0.0268. The number of carbonyl (C=O) groups is 2. The van der Waals surface area contributed by atoms with E-state index in [1.807, 2.05) is 0 Å². The molecule has 0 saturated heterocycles. The van der Waals surface area contributed by atoms with Crippen LogP contribution < -0.4 is 10.1 Å². The van der Waals surface area contributed by atoms with Gasteiger partial charge < -0.3 is 15.0 Å². The fourth-order valence-corrected chi connectivity index (χ4v) is 1.93. The molecule has 1 aromatic carbocycles. The standard InChI is InChI=1S/C12H15BrN2O3/c1-14-11(16)7-15(2)12(17)8-4-5-10(18-3)9(13)6-8/h4-6H,7H2,1-3H3,(H,14,16). The normalized spacial score (nSPS) is 9.78. The number of halogens is 1. The average Bonchev–Trinajstić information content (AvgIpc) is 2.37. The molecule has 0 atom stereocenters. The summed E-state index contributed by atoms with van der Waals surface area (Å²) in [4.78, 5) is 24.6. The molecule has 0 radical (unpaired) electrons. The number of rotatable bonds is 4. The van der Waals surface area contributed by atoms with Crippen molar-refractivity contribution < 1.29 is 14.3 Å². The third-order valence-electron chi connectivity index (χ3n) is 2.41. The van der Waals surface area contributed by atoms with Crippen molar-refractivity contribution in [3.05, 3.63) is 28.2 Å². The number of ether oxygens (including phenoxy) is 1. The molecule has 0 fully saturated rings. The molecule has 5 nitrogen and oxygen atoms in total. The summed E-state index contributed by atoms with van der Waals surface area (Å²) in [5.74, 6) is 0.223. The number of benzene rings is 1. The van der Waals surface area contributed by atoms with Crippen LogP contribution in [0, 0.1) is 0 Å². The van der Waals surface area contributed by atoms with Gasteiger partial charge in [-0.2, -0.15) is 0 Å². The van der Waals surface area contributed by atoms with Gasteiger partial charge in [-0.1, -0.05) is 0 Å². The lowest BCUT2D eigenvalue weighted by molar-refractivity contribution is -0.121. The van der Waals surface area contributed by atoms with Crippen LogP contribution in [0.5, 0.6) is 5.75 Å². The van der Waals surface area contributed by atoms with Crippen molar-refractivity contribution in [3.63, 3.8) is 0 Å². The molecule has 0 aliphatic rings. The van der Waals surface area contributed by atoms with Gasteiger partial charge in [0.05, 0.1) is 18.1 Å². The summed E-state index contributed by atoms with van der Waals surface area (Å²) in [6.07, 6.45) is 0. The molecule has 0 bridgehead atoms. The summed E-state index contributed by atoms with van der Waals surface area (Å²) < 4.78 is 5.78. The lowest BCUT2D eigenvalue weighted by Gasteiger charge is -2.16. The summed E-state index contributed by atoms with van der Waals surface area (Å²) in [5, 5.41) is 2.47. The van der Waals surface area contributed by atoms with Crippen molar-refractivity contribution in [2.45, 2.75) is 0 Å². The van der Waals surface area contributed by atoms with Crippen LogP contribution in [0.4, 0.5) is 0 Å². The van der Waals surface area contributed by atoms with Crippen LogP contribution >= 0.6 is 15.9 Å². The highest BCUT2D eigenvalue weighted by molar-refractivity contribution is 9.10. The zero-order valence-corrected chi connectivity index (χ0v) is 12.1. The minimum Gasteiger partial charge on any atom is -0.496 e. The third kappa shape index (κ3) is 3.46. The predicted molar refractivity (Wildman–Crippen MR) is 71.7 cm³/mol. The van der Waals surface area contributed by atoms with Crippen LogP contribution in [-0.2, 0) is 4.79 Å². The second kappa shape index (κ2) is 6.39. The van der Waals surface area contributed by atoms with Crippen molar-refractivity contribution in [2.24, 2.45) is 0 Å². The molecule has 0 spiro atoms. The van der Waals surface area contributed by atoms with Gasteiger partial charge in [0.1, 0.15) is 5.75 Å². The predicted octanol–water partition coefficient (Wildman–Crippen LogP) is 1.28. The van der Waals surface area contributed by atoms with Gasteiger partial charge >= 0.3 is 0 Å². The van der Waals surface area contributed by atoms with Crippen LogP contribution in [-0.4, -0.2) is 44.5 Å². The lowest BCUT2D eigenvalue weighted by atomic mass is 10.2. The Morgan fingerprint density at radius 3 is 2.61 bits per heavy atom. The highest BCUT2D eigenvalue weighted by Gasteiger charge is 2.15. The van der Waals surface area contributed by atoms with Gasteiger partial charge in [0.25, 0.3) is 5.91 Å². The Labute approximate surface area is 114 Å². The van der Waals surface area contributed by atoms with E-state index in [1.165, 1.54) is 11.9 Å². The molecule has 0 saturated carbocycles. The molecule has 1 aromatic rings. The Balaban J connectivity index is 2.84. The summed E-state index contributed by atoms with van der Waals surface area (Å²) in [6, 6.07) is 5.03. The summed E-state index contributed by atoms with van der Waals surface area (Å²) >= 11 is 3.31. The molecule has 1 N–H and O–H groups in total. The van der Waals surface area contributed by atoms with Crippen LogP contribution in [0.2, 0.25) is 0 Å². The lowest BCUT2D eigenvalue weighted by Crippen LogP contribution is -2.36. The minimum atomic E-state index is -0.220. The first-order valence-electron chi connectivity index (χ1n) is 5.29. The van der Waals surface area contributed by atoms with E-state index in [9.17, 15) is 9.59 Å². The van der Waals surface area contributed by atoms with E-state index in [1.54, 1.807) is 32.4 Å². The van der Waals surface area contributed by atoms with E-state index in [-0.39, 0.29) is 18.4 Å². The molecule has 2 amide bonds. The largest absolute Gasteiger partial charge is 0.496 e. The van der Waals surface area contributed by atoms with Crippen molar-refractivity contribution in [2.75, 3.05) is 27.7 Å². The maximum atomic E-state index is 12.0. The molecule has 0 aliphatic heterocycles. The first kappa shape index (κ1) is 14.5. The second-order valence-electron chi connectivity index (χ2n) is 3.68. The van der Waals surface area contributed by atoms with Crippen molar-refractivity contribution >= 4 is 27.7 Å². The maximum Gasteiger partial charge on any atom is 0.254 e. The number of nitrogens with one attached hydrogen (secondary N) is 1. The molecular formula is C12H15BrN2O3. The van der Waals surface area contributed by atoms with E-state index in [4.69, 9.17) is 4.74 Å². The Bertz CT molecular complexity index is 463. The van der Waals surface area contributed by atoms with Gasteiger partial charge in [-0.25, -0.2) is 0 Å². The van der Waals surface area contributed by atoms with Gasteiger partial charge in [0.2, 0.25) is 5.91 Å². The fourth-order valence-electron chi connectivity index (χ4n) is 1.39. The molecule has 18 heavy (non-hydrogen) atoms. The van der Waals surface area contributed by atoms with Crippen LogP contribution in [0.1, 0.15) is 10.4 Å². The summed E-state index contributed by atoms with van der Waals surface area (Å²) in [7, 11) is 4.67. The SMILES string of the molecule is CNC(=O)CN(C)C(=O)c1ccc(OC)c(Br)c1. The number of methoxy groups -OCH3 is 1. The number of hydrogen-bond donors (Lipinski definition) is 1. The van der Waals surface area contributed by atoms with Gasteiger partial charge in [-0.05, 0) is 34.1 Å². The molecule has 0 aromatic heterocycles. The van der Waals surface area contributed by atoms with Crippen LogP contribution in [0.25, 0.3) is 0 Å². The third-order valence-corrected chi connectivity index (χ3v) is 3.02. The molecule has 98 valence electrons. The molecule has 1 rings (SSSR count). The zero-order valence-electron chi connectivity index (χ0n) is 10.5. The van der Waals surface area contributed by atoms with E-state index < -0.39 is 0 Å². The monoisotopic (exact) mass is 314 g/mol. The number of hydrogen-bond acceptors (Lipinski definition) is 3. The first-order chi connectivity index (χ1) is 8.49. The Hall–Kier alpha value is -1.56. The quantitative estimate of drug-likeness (QED) is 0.910. The Morgan fingerprint density at radius 2 is 2.11 bits per heavy atom. The molecule has 6 heteroatoms. The van der Waals surface area contributed by atoms with Gasteiger partial charge in [-0.3, -0.25) is 9.59 Å². The second-order valence-corrected chi connectivity index (χ2v) is 4.54. The Kier molecular flexibility index (Phi) is 5.15. The molecule has 0 heterocycles. The average molecular weight is 315 g/mol. The van der Waals surface area contributed by atoms with E-state index in [0.29, 0.717) is 15.8 Å². The van der Waals surface area contributed by atoms with Gasteiger partial charge in [-0.15, -0.1) is 0 Å². The molecule has 0 aliphatic carbocycles. The zero-order chi connectivity index (χ0) is 13.7. The number of nitrogens with zero attached hydrogens (tertiary/aromatic N) is 1. The highest BCUT2D eigenvalue weighted by Crippen LogP contribution is 2.25. The van der Waals surface area contributed by atoms with E-state index in [2.05, 4.69) is 21.2 Å². The summed E-state index contributed by atoms with van der Waals surface area (Å²) in [5.41, 5.74) is 0.495. The Morgan fingerprint density at radius 1 is 1.44 bits per heavy atom. The smallest absolute Gasteiger partial charge is 0.254 e. The molecular weight excluding hydrogens is 300 g/mol. The van der Waals surface area contributed by atoms with Crippen LogP contribution in [0.15, 0.2) is 22.7 Å². The maximum absolute atomic E-state index is 12.0. The van der Waals surface area contributed by atoms with Gasteiger partial charge in [0.15, 0.2) is 0 Å². The fraction of sp³-hybridized carbons (Fsp3) is 0.333. The topological polar surface area (TPSA) is 58.6 Å². The van der Waals surface area contributed by atoms with Crippen molar-refractivity contribution in [1.82, 2.24) is 10.2 Å². The first-order valence-corrected chi connectivity index (χ1v) is 6.08. The van der Waals surface area contributed by atoms with Crippen molar-refractivity contribution in [3.8, 4) is 5.75 Å². The van der Waals surface area contributed by atoms with E-state index in [0.717, 1.165) is 0 Å². The van der Waals surface area contributed by atoms with Gasteiger partial charge in [0, 0.05) is 19.7 Å². The summed E-state index contributed by atoms with van der Waals surface area (Å²) in [6.45, 7) is 0.0268.